The fourth-order valence-corrected chi connectivity index (χ4v) is 4.09. The maximum Gasteiger partial charge on any atom is 0.405 e. The van der Waals surface area contributed by atoms with Gasteiger partial charge >= 0.3 is 6.18 Å². The van der Waals surface area contributed by atoms with Gasteiger partial charge in [0.1, 0.15) is 18.2 Å². The molecule has 0 saturated carbocycles. The summed E-state index contributed by atoms with van der Waals surface area (Å²) >= 11 is 0. The number of nitrogens with one attached hydrogen (secondary N) is 1. The van der Waals surface area contributed by atoms with E-state index < -0.39 is 30.6 Å². The molecule has 4 heterocycles. The summed E-state index contributed by atoms with van der Waals surface area (Å²) in [4.78, 5) is 24.8. The molecule has 1 amide bonds. The SMILES string of the molecule is CC(C)[C@@H](C(N)=O)N(CC(F)(F)F)c1cncc(-c2c[nH]c3ncc(-c4cnn(C)c4)cc23)c1. The molecule has 3 N–H and O–H groups in total. The Labute approximate surface area is 193 Å². The van der Waals surface area contributed by atoms with Crippen LogP contribution in [0.25, 0.3) is 33.3 Å². The smallest absolute Gasteiger partial charge is 0.368 e. The number of H-pyrrole nitrogens is 1. The van der Waals surface area contributed by atoms with Crippen molar-refractivity contribution >= 4 is 22.6 Å². The summed E-state index contributed by atoms with van der Waals surface area (Å²) in [6.07, 6.45) is 5.37. The van der Waals surface area contributed by atoms with E-state index in [9.17, 15) is 18.0 Å². The number of aromatic nitrogens is 5. The summed E-state index contributed by atoms with van der Waals surface area (Å²) in [7, 11) is 1.82. The maximum absolute atomic E-state index is 13.4. The number of primary amides is 1. The Kier molecular flexibility index (Phi) is 6.03. The first-order valence-corrected chi connectivity index (χ1v) is 10.6. The number of aromatic amines is 1. The van der Waals surface area contributed by atoms with Crippen molar-refractivity contribution in [2.75, 3.05) is 11.4 Å². The minimum atomic E-state index is -4.54. The zero-order chi connectivity index (χ0) is 24.6. The number of rotatable bonds is 7. The molecular formula is C23H24F3N7O. The molecule has 0 radical (unpaired) electrons. The Bertz CT molecular complexity index is 1330. The van der Waals surface area contributed by atoms with Crippen LogP contribution in [0.1, 0.15) is 13.8 Å². The third-order valence-corrected chi connectivity index (χ3v) is 5.54. The Hall–Kier alpha value is -3.89. The minimum Gasteiger partial charge on any atom is -0.368 e. The van der Waals surface area contributed by atoms with Gasteiger partial charge < -0.3 is 15.6 Å². The third-order valence-electron chi connectivity index (χ3n) is 5.54. The molecule has 0 spiro atoms. The number of halogens is 3. The molecule has 34 heavy (non-hydrogen) atoms. The third kappa shape index (κ3) is 4.73. The highest BCUT2D eigenvalue weighted by atomic mass is 19.4. The lowest BCUT2D eigenvalue weighted by atomic mass is 10.00. The van der Waals surface area contributed by atoms with Gasteiger partial charge in [-0.05, 0) is 18.1 Å². The number of hydrogen-bond acceptors (Lipinski definition) is 5. The normalized spacial score (nSPS) is 12.9. The van der Waals surface area contributed by atoms with E-state index >= 15 is 0 Å². The second-order valence-electron chi connectivity index (χ2n) is 8.49. The lowest BCUT2D eigenvalue weighted by Crippen LogP contribution is -2.51. The van der Waals surface area contributed by atoms with Crippen molar-refractivity contribution in [2.24, 2.45) is 18.7 Å². The number of amides is 1. The topological polar surface area (TPSA) is 106 Å². The second-order valence-corrected chi connectivity index (χ2v) is 8.49. The summed E-state index contributed by atoms with van der Waals surface area (Å²) in [6.45, 7) is 1.98. The second kappa shape index (κ2) is 8.81. The Morgan fingerprint density at radius 2 is 1.91 bits per heavy atom. The maximum atomic E-state index is 13.4. The predicted molar refractivity (Wildman–Crippen MR) is 123 cm³/mol. The van der Waals surface area contributed by atoms with Gasteiger partial charge in [0.2, 0.25) is 5.91 Å². The van der Waals surface area contributed by atoms with Crippen LogP contribution in [0.5, 0.6) is 0 Å². The molecule has 0 unspecified atom stereocenters. The molecule has 0 aliphatic carbocycles. The highest BCUT2D eigenvalue weighted by Crippen LogP contribution is 2.34. The van der Waals surface area contributed by atoms with Gasteiger partial charge in [-0.15, -0.1) is 0 Å². The van der Waals surface area contributed by atoms with Crippen molar-refractivity contribution in [2.45, 2.75) is 26.1 Å². The van der Waals surface area contributed by atoms with E-state index in [1.165, 1.54) is 6.20 Å². The van der Waals surface area contributed by atoms with E-state index in [2.05, 4.69) is 20.1 Å². The lowest BCUT2D eigenvalue weighted by Gasteiger charge is -2.34. The number of aryl methyl sites for hydroxylation is 1. The van der Waals surface area contributed by atoms with Crippen LogP contribution in [-0.4, -0.2) is 49.4 Å². The quantitative estimate of drug-likeness (QED) is 0.425. The van der Waals surface area contributed by atoms with Gasteiger partial charge in [0.15, 0.2) is 0 Å². The van der Waals surface area contributed by atoms with Crippen molar-refractivity contribution in [3.8, 4) is 22.3 Å². The minimum absolute atomic E-state index is 0.151. The molecule has 4 rings (SSSR count). The van der Waals surface area contributed by atoms with Crippen LogP contribution in [0.3, 0.4) is 0 Å². The fraction of sp³-hybridized carbons (Fsp3) is 0.304. The average molecular weight is 471 g/mol. The molecule has 0 fully saturated rings. The molecule has 0 aromatic carbocycles. The first kappa shape index (κ1) is 23.3. The summed E-state index contributed by atoms with van der Waals surface area (Å²) in [6, 6.07) is 2.36. The van der Waals surface area contributed by atoms with E-state index in [1.807, 2.05) is 19.3 Å². The first-order valence-electron chi connectivity index (χ1n) is 10.6. The molecule has 1 atom stereocenters. The number of carbonyl (C=O) groups excluding carboxylic acids is 1. The standard InChI is InChI=1S/C23H24F3N7O/c1-13(2)20(21(27)34)33(12-23(24,25)26)17-4-15(6-28-9-17)19-10-30-22-18(19)5-14(7-29-22)16-8-31-32(3)11-16/h4-11,13,20H,12H2,1-3H3,(H2,27,34)(H,29,30)/t20-/m0/s1. The van der Waals surface area contributed by atoms with Crippen LogP contribution < -0.4 is 10.6 Å². The average Bonchev–Trinajstić information content (AvgIpc) is 3.37. The number of nitrogens with zero attached hydrogens (tertiary/aromatic N) is 5. The van der Waals surface area contributed by atoms with Crippen LogP contribution in [0.15, 0.2) is 49.3 Å². The molecule has 11 heteroatoms. The van der Waals surface area contributed by atoms with Gasteiger partial charge in [-0.25, -0.2) is 4.98 Å². The van der Waals surface area contributed by atoms with Crippen LogP contribution in [0.4, 0.5) is 18.9 Å². The lowest BCUT2D eigenvalue weighted by molar-refractivity contribution is -0.126. The number of hydrogen-bond donors (Lipinski definition) is 2. The van der Waals surface area contributed by atoms with Gasteiger partial charge in [-0.1, -0.05) is 13.8 Å². The Morgan fingerprint density at radius 1 is 1.15 bits per heavy atom. The monoisotopic (exact) mass is 471 g/mol. The number of pyridine rings is 2. The summed E-state index contributed by atoms with van der Waals surface area (Å²) in [5.41, 5.74) is 9.28. The predicted octanol–water partition coefficient (Wildman–Crippen LogP) is 3.90. The van der Waals surface area contributed by atoms with Crippen molar-refractivity contribution in [1.82, 2.24) is 24.7 Å². The number of alkyl halides is 3. The van der Waals surface area contributed by atoms with E-state index in [-0.39, 0.29) is 5.69 Å². The number of nitrogens with two attached hydrogens (primary N) is 1. The molecule has 0 bridgehead atoms. The zero-order valence-corrected chi connectivity index (χ0v) is 18.8. The Morgan fingerprint density at radius 3 is 2.53 bits per heavy atom. The van der Waals surface area contributed by atoms with Crippen LogP contribution in [0, 0.1) is 5.92 Å². The van der Waals surface area contributed by atoms with Crippen LogP contribution >= 0.6 is 0 Å². The summed E-state index contributed by atoms with van der Waals surface area (Å²) in [5.74, 6) is -1.27. The number of fused-ring (bicyclic) bond motifs is 1. The molecule has 4 aromatic heterocycles. The first-order chi connectivity index (χ1) is 16.0. The molecule has 0 saturated heterocycles. The molecule has 0 aliphatic rings. The van der Waals surface area contributed by atoms with Crippen molar-refractivity contribution in [1.29, 1.82) is 0 Å². The summed E-state index contributed by atoms with van der Waals surface area (Å²) < 4.78 is 42.0. The van der Waals surface area contributed by atoms with Gasteiger partial charge in [0.05, 0.1) is 18.1 Å². The van der Waals surface area contributed by atoms with Crippen molar-refractivity contribution in [3.05, 3.63) is 49.3 Å². The van der Waals surface area contributed by atoms with E-state index in [4.69, 9.17) is 5.73 Å². The van der Waals surface area contributed by atoms with Gasteiger partial charge in [0.25, 0.3) is 0 Å². The van der Waals surface area contributed by atoms with Gasteiger partial charge in [0, 0.05) is 59.5 Å². The van der Waals surface area contributed by atoms with E-state index in [0.29, 0.717) is 11.2 Å². The van der Waals surface area contributed by atoms with Crippen molar-refractivity contribution in [3.63, 3.8) is 0 Å². The zero-order valence-electron chi connectivity index (χ0n) is 18.8. The molecule has 178 valence electrons. The fourth-order valence-electron chi connectivity index (χ4n) is 4.09. The molecule has 4 aromatic rings. The van der Waals surface area contributed by atoms with Gasteiger partial charge in [-0.2, -0.15) is 18.3 Å². The highest BCUT2D eigenvalue weighted by Gasteiger charge is 2.37. The van der Waals surface area contributed by atoms with E-state index in [1.54, 1.807) is 49.4 Å². The van der Waals surface area contributed by atoms with Gasteiger partial charge in [-0.3, -0.25) is 14.5 Å². The van der Waals surface area contributed by atoms with Crippen LogP contribution in [-0.2, 0) is 11.8 Å². The molecule has 8 nitrogen and oxygen atoms in total. The van der Waals surface area contributed by atoms with Crippen LogP contribution in [0.2, 0.25) is 0 Å². The number of anilines is 1. The Balaban J connectivity index is 1.79. The highest BCUT2D eigenvalue weighted by molar-refractivity contribution is 5.96. The summed E-state index contributed by atoms with van der Waals surface area (Å²) in [5, 5.41) is 4.96. The number of carbonyl (C=O) groups is 1. The largest absolute Gasteiger partial charge is 0.405 e. The molecular weight excluding hydrogens is 447 g/mol. The van der Waals surface area contributed by atoms with Crippen molar-refractivity contribution < 1.29 is 18.0 Å². The van der Waals surface area contributed by atoms with E-state index in [0.717, 1.165) is 27.0 Å². The molecule has 0 aliphatic heterocycles.